The minimum Gasteiger partial charge on any atom is -0.378 e. The van der Waals surface area contributed by atoms with Crippen molar-refractivity contribution >= 4 is 23.1 Å². The van der Waals surface area contributed by atoms with Crippen molar-refractivity contribution in [3.63, 3.8) is 0 Å². The maximum atomic E-state index is 12.4. The lowest BCUT2D eigenvalue weighted by molar-refractivity contribution is -0.384. The Bertz CT molecular complexity index is 786. The molecule has 2 aromatic rings. The first-order chi connectivity index (χ1) is 12.0. The number of amides is 1. The van der Waals surface area contributed by atoms with Crippen LogP contribution in [0.3, 0.4) is 0 Å². The van der Waals surface area contributed by atoms with E-state index in [0.717, 1.165) is 24.5 Å². The number of nitro groups is 1. The van der Waals surface area contributed by atoms with Gasteiger partial charge in [-0.05, 0) is 24.6 Å². The maximum Gasteiger partial charge on any atom is 0.271 e. The molecule has 1 saturated heterocycles. The lowest BCUT2D eigenvalue weighted by Gasteiger charge is -2.27. The Labute approximate surface area is 144 Å². The number of anilines is 2. The third kappa shape index (κ3) is 3.92. The van der Waals surface area contributed by atoms with Gasteiger partial charge >= 0.3 is 0 Å². The molecule has 3 rings (SSSR count). The molecule has 130 valence electrons. The lowest BCUT2D eigenvalue weighted by atomic mass is 10.1. The Hall–Kier alpha value is -3.00. The molecule has 1 aromatic carbocycles. The van der Waals surface area contributed by atoms with E-state index in [2.05, 4.69) is 15.2 Å². The van der Waals surface area contributed by atoms with E-state index < -0.39 is 4.92 Å². The highest BCUT2D eigenvalue weighted by atomic mass is 16.6. The number of pyridine rings is 1. The Morgan fingerprint density at radius 3 is 2.68 bits per heavy atom. The Morgan fingerprint density at radius 1 is 1.28 bits per heavy atom. The van der Waals surface area contributed by atoms with Gasteiger partial charge in [0.05, 0.1) is 29.4 Å². The third-order valence-corrected chi connectivity index (χ3v) is 4.03. The fraction of sp³-hybridized carbons (Fsp3) is 0.294. The normalized spacial score (nSPS) is 14.2. The van der Waals surface area contributed by atoms with Crippen molar-refractivity contribution in [1.29, 1.82) is 0 Å². The van der Waals surface area contributed by atoms with E-state index in [1.165, 1.54) is 18.3 Å². The summed E-state index contributed by atoms with van der Waals surface area (Å²) < 4.78 is 5.31. The van der Waals surface area contributed by atoms with Crippen molar-refractivity contribution in [2.45, 2.75) is 6.92 Å². The summed E-state index contributed by atoms with van der Waals surface area (Å²) in [5.74, 6) is 0.441. The SMILES string of the molecule is Cc1ccc([N+](=O)[O-])cc1NC(=O)c1ccc(N2CCOCC2)nc1. The van der Waals surface area contributed by atoms with Crippen molar-refractivity contribution in [2.24, 2.45) is 0 Å². The van der Waals surface area contributed by atoms with Crippen LogP contribution in [0, 0.1) is 17.0 Å². The second-order valence-corrected chi connectivity index (χ2v) is 5.71. The number of hydrogen-bond donors (Lipinski definition) is 1. The summed E-state index contributed by atoms with van der Waals surface area (Å²) in [4.78, 5) is 29.2. The highest BCUT2D eigenvalue weighted by molar-refractivity contribution is 6.04. The van der Waals surface area contributed by atoms with Crippen molar-refractivity contribution in [3.05, 3.63) is 57.8 Å². The number of rotatable bonds is 4. The van der Waals surface area contributed by atoms with Crippen molar-refractivity contribution in [3.8, 4) is 0 Å². The number of aryl methyl sites for hydroxylation is 1. The zero-order valence-electron chi connectivity index (χ0n) is 13.8. The first kappa shape index (κ1) is 16.8. The molecule has 0 saturated carbocycles. The first-order valence-electron chi connectivity index (χ1n) is 7.90. The number of non-ortho nitro benzene ring substituents is 1. The third-order valence-electron chi connectivity index (χ3n) is 4.03. The second-order valence-electron chi connectivity index (χ2n) is 5.71. The Balaban J connectivity index is 1.73. The minimum absolute atomic E-state index is 0.0679. The van der Waals surface area contributed by atoms with E-state index in [1.807, 2.05) is 0 Å². The van der Waals surface area contributed by atoms with Gasteiger partial charge in [0.2, 0.25) is 0 Å². The largest absolute Gasteiger partial charge is 0.378 e. The Kier molecular flexibility index (Phi) is 4.90. The summed E-state index contributed by atoms with van der Waals surface area (Å²) in [6, 6.07) is 7.85. The molecule has 0 unspecified atom stereocenters. The number of ether oxygens (including phenoxy) is 1. The van der Waals surface area contributed by atoms with Crippen molar-refractivity contribution < 1.29 is 14.5 Å². The molecule has 1 aliphatic heterocycles. The summed E-state index contributed by atoms with van der Waals surface area (Å²) in [5.41, 5.74) is 1.48. The van der Waals surface area contributed by atoms with E-state index in [4.69, 9.17) is 4.74 Å². The second kappa shape index (κ2) is 7.27. The topological polar surface area (TPSA) is 97.6 Å². The van der Waals surface area contributed by atoms with Crippen LogP contribution in [-0.2, 0) is 4.74 Å². The van der Waals surface area contributed by atoms with Gasteiger partial charge in [-0.15, -0.1) is 0 Å². The number of benzene rings is 1. The molecule has 1 N–H and O–H groups in total. The van der Waals surface area contributed by atoms with Gasteiger partial charge in [0, 0.05) is 31.4 Å². The maximum absolute atomic E-state index is 12.4. The number of nitrogens with zero attached hydrogens (tertiary/aromatic N) is 3. The van der Waals surface area contributed by atoms with Crippen LogP contribution in [0.5, 0.6) is 0 Å². The van der Waals surface area contributed by atoms with Crippen LogP contribution >= 0.6 is 0 Å². The summed E-state index contributed by atoms with van der Waals surface area (Å²) in [6.07, 6.45) is 1.51. The van der Waals surface area contributed by atoms with Gasteiger partial charge in [0.25, 0.3) is 11.6 Å². The Morgan fingerprint density at radius 2 is 2.04 bits per heavy atom. The minimum atomic E-state index is -0.492. The molecule has 0 radical (unpaired) electrons. The summed E-state index contributed by atoms with van der Waals surface area (Å²) >= 11 is 0. The van der Waals surface area contributed by atoms with Crippen LogP contribution in [0.4, 0.5) is 17.2 Å². The molecule has 0 bridgehead atoms. The molecular formula is C17H18N4O4. The summed E-state index contributed by atoms with van der Waals surface area (Å²) in [5, 5.41) is 13.6. The van der Waals surface area contributed by atoms with Crippen molar-refractivity contribution in [1.82, 2.24) is 4.98 Å². The lowest BCUT2D eigenvalue weighted by Crippen LogP contribution is -2.36. The van der Waals surface area contributed by atoms with Crippen LogP contribution in [0.15, 0.2) is 36.5 Å². The van der Waals surface area contributed by atoms with Gasteiger partial charge in [-0.1, -0.05) is 6.07 Å². The molecular weight excluding hydrogens is 324 g/mol. The van der Waals surface area contributed by atoms with Gasteiger partial charge in [-0.3, -0.25) is 14.9 Å². The van der Waals surface area contributed by atoms with Crippen LogP contribution in [-0.4, -0.2) is 42.1 Å². The van der Waals surface area contributed by atoms with Crippen LogP contribution in [0.25, 0.3) is 0 Å². The molecule has 1 aliphatic rings. The zero-order valence-corrected chi connectivity index (χ0v) is 13.8. The number of aromatic nitrogens is 1. The van der Waals surface area contributed by atoms with Crippen LogP contribution < -0.4 is 10.2 Å². The molecule has 0 atom stereocenters. The predicted molar refractivity (Wildman–Crippen MR) is 93.1 cm³/mol. The monoisotopic (exact) mass is 342 g/mol. The number of nitro benzene ring substituents is 1. The smallest absolute Gasteiger partial charge is 0.271 e. The predicted octanol–water partition coefficient (Wildman–Crippen LogP) is 2.39. The highest BCUT2D eigenvalue weighted by Gasteiger charge is 2.15. The van der Waals surface area contributed by atoms with Gasteiger partial charge in [0.1, 0.15) is 5.82 Å². The number of carbonyl (C=O) groups excluding carboxylic acids is 1. The van der Waals surface area contributed by atoms with Gasteiger partial charge < -0.3 is 15.0 Å². The highest BCUT2D eigenvalue weighted by Crippen LogP contribution is 2.22. The van der Waals surface area contributed by atoms with E-state index >= 15 is 0 Å². The number of morpholine rings is 1. The molecule has 2 heterocycles. The van der Waals surface area contributed by atoms with Gasteiger partial charge in [-0.2, -0.15) is 0 Å². The van der Waals surface area contributed by atoms with Crippen molar-refractivity contribution in [2.75, 3.05) is 36.5 Å². The fourth-order valence-electron chi connectivity index (χ4n) is 2.55. The number of carbonyl (C=O) groups is 1. The van der Waals surface area contributed by atoms with E-state index in [1.54, 1.807) is 25.1 Å². The van der Waals surface area contributed by atoms with Gasteiger partial charge in [-0.25, -0.2) is 4.98 Å². The molecule has 8 heteroatoms. The quantitative estimate of drug-likeness (QED) is 0.677. The molecule has 1 aromatic heterocycles. The summed E-state index contributed by atoms with van der Waals surface area (Å²) in [6.45, 7) is 4.64. The molecule has 8 nitrogen and oxygen atoms in total. The summed E-state index contributed by atoms with van der Waals surface area (Å²) in [7, 11) is 0. The average molecular weight is 342 g/mol. The standard InChI is InChI=1S/C17H18N4O4/c1-12-2-4-14(21(23)24)10-15(12)19-17(22)13-3-5-16(18-11-13)20-6-8-25-9-7-20/h2-5,10-11H,6-9H2,1H3,(H,19,22). The number of hydrogen-bond acceptors (Lipinski definition) is 6. The first-order valence-corrected chi connectivity index (χ1v) is 7.90. The van der Waals surface area contributed by atoms with Gasteiger partial charge in [0.15, 0.2) is 0 Å². The fourth-order valence-corrected chi connectivity index (χ4v) is 2.55. The molecule has 0 spiro atoms. The van der Waals surface area contributed by atoms with E-state index in [0.29, 0.717) is 24.5 Å². The molecule has 25 heavy (non-hydrogen) atoms. The zero-order chi connectivity index (χ0) is 17.8. The number of nitrogens with one attached hydrogen (secondary N) is 1. The molecule has 0 aliphatic carbocycles. The molecule has 1 fully saturated rings. The average Bonchev–Trinajstić information content (AvgIpc) is 2.64. The van der Waals surface area contributed by atoms with E-state index in [-0.39, 0.29) is 11.6 Å². The van der Waals surface area contributed by atoms with E-state index in [9.17, 15) is 14.9 Å². The van der Waals surface area contributed by atoms with Crippen LogP contribution in [0.2, 0.25) is 0 Å². The van der Waals surface area contributed by atoms with Crippen LogP contribution in [0.1, 0.15) is 15.9 Å². The molecule has 1 amide bonds.